The molecule has 19 heavy (non-hydrogen) atoms. The van der Waals surface area contributed by atoms with Crippen molar-refractivity contribution in [1.82, 2.24) is 9.97 Å². The second-order valence-electron chi connectivity index (χ2n) is 3.63. The molecule has 0 aliphatic rings. The highest BCUT2D eigenvalue weighted by Crippen LogP contribution is 2.20. The lowest BCUT2D eigenvalue weighted by molar-refractivity contribution is -0.384. The van der Waals surface area contributed by atoms with E-state index in [0.717, 1.165) is 11.3 Å². The fourth-order valence-electron chi connectivity index (χ4n) is 1.43. The predicted octanol–water partition coefficient (Wildman–Crippen LogP) is 1.39. The number of nitro groups is 1. The highest BCUT2D eigenvalue weighted by molar-refractivity contribution is 7.07. The SMILES string of the molecule is CNc1cc([N+](=O)[O-])cc(NCc2csc(=O)[nH]2)n1. The maximum Gasteiger partial charge on any atom is 0.304 e. The van der Waals surface area contributed by atoms with Crippen molar-refractivity contribution >= 4 is 28.7 Å². The zero-order valence-electron chi connectivity index (χ0n) is 9.97. The van der Waals surface area contributed by atoms with E-state index >= 15 is 0 Å². The molecule has 0 amide bonds. The van der Waals surface area contributed by atoms with E-state index < -0.39 is 4.92 Å². The van der Waals surface area contributed by atoms with E-state index in [9.17, 15) is 14.9 Å². The Labute approximate surface area is 111 Å². The van der Waals surface area contributed by atoms with Gasteiger partial charge in [-0.1, -0.05) is 11.3 Å². The van der Waals surface area contributed by atoms with Gasteiger partial charge in [-0.15, -0.1) is 0 Å². The van der Waals surface area contributed by atoms with Gasteiger partial charge in [-0.3, -0.25) is 14.9 Å². The van der Waals surface area contributed by atoms with Crippen LogP contribution in [0.3, 0.4) is 0 Å². The molecule has 100 valence electrons. The molecule has 0 aromatic carbocycles. The third-order valence-electron chi connectivity index (χ3n) is 2.31. The first-order valence-corrected chi connectivity index (χ1v) is 6.21. The third kappa shape index (κ3) is 3.28. The minimum atomic E-state index is -0.486. The standard InChI is InChI=1S/C10H11N5O3S/c1-11-8-2-7(15(17)18)3-9(14-8)12-4-6-5-19-10(16)13-6/h2-3,5H,4H2,1H3,(H,13,16)(H2,11,12,14). The van der Waals surface area contributed by atoms with Crippen LogP contribution in [0.5, 0.6) is 0 Å². The molecule has 0 unspecified atom stereocenters. The molecule has 3 N–H and O–H groups in total. The number of anilines is 2. The van der Waals surface area contributed by atoms with Crippen LogP contribution in [0, 0.1) is 10.1 Å². The molecule has 0 atom stereocenters. The summed E-state index contributed by atoms with van der Waals surface area (Å²) in [6.45, 7) is 0.343. The number of thiazole rings is 1. The average molecular weight is 281 g/mol. The molecule has 2 aromatic heterocycles. The number of aromatic amines is 1. The number of rotatable bonds is 5. The molecule has 0 fully saturated rings. The number of H-pyrrole nitrogens is 1. The van der Waals surface area contributed by atoms with E-state index in [0.29, 0.717) is 23.9 Å². The zero-order chi connectivity index (χ0) is 13.8. The number of nitrogens with zero attached hydrogens (tertiary/aromatic N) is 2. The summed E-state index contributed by atoms with van der Waals surface area (Å²) in [7, 11) is 1.63. The van der Waals surface area contributed by atoms with Crippen LogP contribution in [0.1, 0.15) is 5.69 Å². The van der Waals surface area contributed by atoms with Crippen LogP contribution in [-0.2, 0) is 6.54 Å². The molecule has 9 heteroatoms. The summed E-state index contributed by atoms with van der Waals surface area (Å²) in [5, 5.41) is 18.1. The number of pyridine rings is 1. The zero-order valence-corrected chi connectivity index (χ0v) is 10.8. The minimum Gasteiger partial charge on any atom is -0.373 e. The molecule has 0 aliphatic carbocycles. The van der Waals surface area contributed by atoms with E-state index in [4.69, 9.17) is 0 Å². The van der Waals surface area contributed by atoms with Gasteiger partial charge in [0.15, 0.2) is 0 Å². The van der Waals surface area contributed by atoms with E-state index in [-0.39, 0.29) is 10.6 Å². The van der Waals surface area contributed by atoms with Crippen molar-refractivity contribution in [2.75, 3.05) is 17.7 Å². The maximum absolute atomic E-state index is 11.0. The smallest absolute Gasteiger partial charge is 0.304 e. The number of hydrogen-bond donors (Lipinski definition) is 3. The molecule has 0 radical (unpaired) electrons. The van der Waals surface area contributed by atoms with Crippen LogP contribution in [0.4, 0.5) is 17.3 Å². The summed E-state index contributed by atoms with van der Waals surface area (Å²) in [5.74, 6) is 0.765. The van der Waals surface area contributed by atoms with Gasteiger partial charge in [-0.05, 0) is 0 Å². The quantitative estimate of drug-likeness (QED) is 0.564. The first-order chi connectivity index (χ1) is 9.08. The van der Waals surface area contributed by atoms with Gasteiger partial charge in [-0.25, -0.2) is 4.98 Å². The molecule has 0 bridgehead atoms. The van der Waals surface area contributed by atoms with E-state index in [1.165, 1.54) is 12.1 Å². The van der Waals surface area contributed by atoms with E-state index in [1.807, 2.05) is 0 Å². The largest absolute Gasteiger partial charge is 0.373 e. The van der Waals surface area contributed by atoms with Crippen LogP contribution < -0.4 is 15.5 Å². The van der Waals surface area contributed by atoms with Crippen molar-refractivity contribution in [2.45, 2.75) is 6.54 Å². The number of hydrogen-bond acceptors (Lipinski definition) is 7. The normalized spacial score (nSPS) is 10.2. The van der Waals surface area contributed by atoms with Crippen LogP contribution in [0.15, 0.2) is 22.3 Å². The Bertz CT molecular complexity index is 651. The first kappa shape index (κ1) is 13.0. The predicted molar refractivity (Wildman–Crippen MR) is 72.7 cm³/mol. The van der Waals surface area contributed by atoms with E-state index in [2.05, 4.69) is 20.6 Å². The molecular weight excluding hydrogens is 270 g/mol. The topological polar surface area (TPSA) is 113 Å². The van der Waals surface area contributed by atoms with Gasteiger partial charge < -0.3 is 15.6 Å². The maximum atomic E-state index is 11.0. The fourth-order valence-corrected chi connectivity index (χ4v) is 2.01. The molecule has 2 aromatic rings. The summed E-state index contributed by atoms with van der Waals surface area (Å²) in [4.78, 5) is 27.9. The van der Waals surface area contributed by atoms with Crippen molar-refractivity contribution < 1.29 is 4.92 Å². The lowest BCUT2D eigenvalue weighted by Crippen LogP contribution is -2.06. The molecular formula is C10H11N5O3S. The second kappa shape index (κ2) is 5.48. The first-order valence-electron chi connectivity index (χ1n) is 5.33. The van der Waals surface area contributed by atoms with Gasteiger partial charge in [0.25, 0.3) is 5.69 Å². The molecule has 0 spiro atoms. The Balaban J connectivity index is 2.17. The van der Waals surface area contributed by atoms with Crippen molar-refractivity contribution in [3.05, 3.63) is 43.0 Å². The van der Waals surface area contributed by atoms with Gasteiger partial charge >= 0.3 is 4.87 Å². The summed E-state index contributed by atoms with van der Waals surface area (Å²) in [6, 6.07) is 2.68. The van der Waals surface area contributed by atoms with E-state index in [1.54, 1.807) is 12.4 Å². The van der Waals surface area contributed by atoms with Crippen LogP contribution in [0.2, 0.25) is 0 Å². The van der Waals surface area contributed by atoms with Crippen molar-refractivity contribution in [3.63, 3.8) is 0 Å². The van der Waals surface area contributed by atoms with Gasteiger partial charge in [0.1, 0.15) is 11.6 Å². The highest BCUT2D eigenvalue weighted by atomic mass is 32.1. The summed E-state index contributed by atoms with van der Waals surface area (Å²) in [6.07, 6.45) is 0. The van der Waals surface area contributed by atoms with Crippen LogP contribution >= 0.6 is 11.3 Å². The minimum absolute atomic E-state index is 0.0549. The van der Waals surface area contributed by atoms with Crippen molar-refractivity contribution in [1.29, 1.82) is 0 Å². The van der Waals surface area contributed by atoms with Gasteiger partial charge in [0, 0.05) is 18.1 Å². The van der Waals surface area contributed by atoms with Gasteiger partial charge in [0.2, 0.25) is 0 Å². The Morgan fingerprint density at radius 1 is 1.47 bits per heavy atom. The van der Waals surface area contributed by atoms with Crippen molar-refractivity contribution in [3.8, 4) is 0 Å². The molecule has 8 nitrogen and oxygen atoms in total. The van der Waals surface area contributed by atoms with Crippen molar-refractivity contribution in [2.24, 2.45) is 0 Å². The Morgan fingerprint density at radius 3 is 2.79 bits per heavy atom. The summed E-state index contributed by atoms with van der Waals surface area (Å²) in [5.41, 5.74) is 0.648. The lowest BCUT2D eigenvalue weighted by atomic mass is 10.3. The Hall–Kier alpha value is -2.42. The second-order valence-corrected chi connectivity index (χ2v) is 4.47. The molecule has 2 rings (SSSR count). The molecule has 2 heterocycles. The lowest BCUT2D eigenvalue weighted by Gasteiger charge is -2.06. The summed E-state index contributed by atoms with van der Waals surface area (Å²) >= 11 is 1.06. The third-order valence-corrected chi connectivity index (χ3v) is 3.03. The fraction of sp³-hybridized carbons (Fsp3) is 0.200. The Kier molecular flexibility index (Phi) is 3.76. The monoisotopic (exact) mass is 281 g/mol. The Morgan fingerprint density at radius 2 is 2.21 bits per heavy atom. The van der Waals surface area contributed by atoms with Gasteiger partial charge in [0.05, 0.1) is 23.6 Å². The van der Waals surface area contributed by atoms with Gasteiger partial charge in [-0.2, -0.15) is 0 Å². The number of nitrogens with one attached hydrogen (secondary N) is 3. The summed E-state index contributed by atoms with van der Waals surface area (Å²) < 4.78 is 0. The average Bonchev–Trinajstić information content (AvgIpc) is 2.81. The number of aromatic nitrogens is 2. The van der Waals surface area contributed by atoms with Crippen LogP contribution in [-0.4, -0.2) is 21.9 Å². The molecule has 0 aliphatic heterocycles. The van der Waals surface area contributed by atoms with Crippen LogP contribution in [0.25, 0.3) is 0 Å². The molecule has 0 saturated carbocycles. The molecule has 0 saturated heterocycles. The highest BCUT2D eigenvalue weighted by Gasteiger charge is 2.10.